The van der Waals surface area contributed by atoms with Crippen LogP contribution in [0.3, 0.4) is 0 Å². The Labute approximate surface area is 193 Å². The monoisotopic (exact) mass is 472 g/mol. The van der Waals surface area contributed by atoms with Gasteiger partial charge >= 0.3 is 0 Å². The van der Waals surface area contributed by atoms with Gasteiger partial charge in [-0.25, -0.2) is 8.42 Å². The van der Waals surface area contributed by atoms with Crippen molar-refractivity contribution >= 4 is 38.0 Å². The Kier molecular flexibility index (Phi) is 5.42. The molecule has 0 radical (unpaired) electrons. The van der Waals surface area contributed by atoms with E-state index < -0.39 is 9.84 Å². The van der Waals surface area contributed by atoms with E-state index in [0.717, 1.165) is 24.9 Å². The average Bonchev–Trinajstić information content (AvgIpc) is 2.76. The molecule has 32 heavy (non-hydrogen) atoms. The lowest BCUT2D eigenvalue weighted by molar-refractivity contribution is 0.172. The first-order valence-corrected chi connectivity index (χ1v) is 12.7. The molecule has 0 N–H and O–H groups in total. The molecule has 8 heteroatoms. The maximum absolute atomic E-state index is 13.7. The fraction of sp³-hybridized carbons (Fsp3) is 0.375. The zero-order valence-electron chi connectivity index (χ0n) is 18.0. The molecule has 0 aliphatic carbocycles. The van der Waals surface area contributed by atoms with Gasteiger partial charge in [0.25, 0.3) is 0 Å². The highest BCUT2D eigenvalue weighted by Crippen LogP contribution is 2.43. The van der Waals surface area contributed by atoms with Gasteiger partial charge in [0, 0.05) is 35.8 Å². The van der Waals surface area contributed by atoms with Crippen LogP contribution < -0.4 is 14.4 Å². The zero-order valence-corrected chi connectivity index (χ0v) is 19.6. The Balaban J connectivity index is 1.76. The standard InChI is InChI=1S/C24H25ClN2O4S/c1-15-9-16(2)14-27(13-15)24-19-10-21-22(31-8-7-30-21)11-20(19)26-12-23(24)32(28,29)18-5-3-17(25)4-6-18/h3-6,10-12,15-16H,7-9,13-14H2,1-2H3/t15-,16+. The van der Waals surface area contributed by atoms with E-state index >= 15 is 0 Å². The molecule has 0 amide bonds. The number of rotatable bonds is 3. The first-order valence-electron chi connectivity index (χ1n) is 10.8. The molecule has 1 aromatic heterocycles. The Bertz CT molecular complexity index is 1270. The van der Waals surface area contributed by atoms with E-state index in [-0.39, 0.29) is 9.79 Å². The molecule has 2 aliphatic rings. The van der Waals surface area contributed by atoms with Gasteiger partial charge in [0.15, 0.2) is 11.5 Å². The molecule has 2 atom stereocenters. The summed E-state index contributed by atoms with van der Waals surface area (Å²) in [5.41, 5.74) is 1.37. The fourth-order valence-corrected chi connectivity index (χ4v) is 6.37. The molecule has 2 aliphatic heterocycles. The normalized spacial score (nSPS) is 21.0. The summed E-state index contributed by atoms with van der Waals surface area (Å²) < 4.78 is 39.0. The van der Waals surface area contributed by atoms with Gasteiger partial charge in [-0.15, -0.1) is 0 Å². The van der Waals surface area contributed by atoms with Gasteiger partial charge in [-0.2, -0.15) is 0 Å². The van der Waals surface area contributed by atoms with Crippen LogP contribution in [0.2, 0.25) is 5.02 Å². The lowest BCUT2D eigenvalue weighted by Crippen LogP contribution is -2.39. The third kappa shape index (κ3) is 3.77. The number of ether oxygens (including phenoxy) is 2. The summed E-state index contributed by atoms with van der Waals surface area (Å²) >= 11 is 6.00. The van der Waals surface area contributed by atoms with Crippen molar-refractivity contribution in [2.24, 2.45) is 11.8 Å². The largest absolute Gasteiger partial charge is 0.486 e. The lowest BCUT2D eigenvalue weighted by atomic mass is 9.91. The first-order chi connectivity index (χ1) is 15.3. The molecular weight excluding hydrogens is 448 g/mol. The maximum Gasteiger partial charge on any atom is 0.210 e. The minimum atomic E-state index is -3.82. The highest BCUT2D eigenvalue weighted by molar-refractivity contribution is 7.91. The van der Waals surface area contributed by atoms with Gasteiger partial charge < -0.3 is 14.4 Å². The highest BCUT2D eigenvalue weighted by Gasteiger charge is 2.31. The highest BCUT2D eigenvalue weighted by atomic mass is 35.5. The Morgan fingerprint density at radius 2 is 1.62 bits per heavy atom. The summed E-state index contributed by atoms with van der Waals surface area (Å²) in [6.07, 6.45) is 2.59. The van der Waals surface area contributed by atoms with Crippen molar-refractivity contribution in [1.82, 2.24) is 4.98 Å². The van der Waals surface area contributed by atoms with Gasteiger partial charge in [0.2, 0.25) is 9.84 Å². The Morgan fingerprint density at radius 1 is 1.00 bits per heavy atom. The van der Waals surface area contributed by atoms with E-state index in [2.05, 4.69) is 23.7 Å². The zero-order chi connectivity index (χ0) is 22.5. The summed E-state index contributed by atoms with van der Waals surface area (Å²) in [6.45, 7) is 6.91. The smallest absolute Gasteiger partial charge is 0.210 e. The summed E-state index contributed by atoms with van der Waals surface area (Å²) in [7, 11) is -3.82. The maximum atomic E-state index is 13.7. The van der Waals surface area contributed by atoms with E-state index in [0.29, 0.717) is 52.8 Å². The summed E-state index contributed by atoms with van der Waals surface area (Å²) in [5, 5.41) is 1.24. The molecule has 1 saturated heterocycles. The van der Waals surface area contributed by atoms with Gasteiger partial charge in [0.1, 0.15) is 18.1 Å². The van der Waals surface area contributed by atoms with E-state index in [1.54, 1.807) is 12.1 Å². The molecule has 0 bridgehead atoms. The number of fused-ring (bicyclic) bond motifs is 2. The van der Waals surface area contributed by atoms with Crippen LogP contribution in [0.15, 0.2) is 52.4 Å². The van der Waals surface area contributed by atoms with Crippen LogP contribution in [0.5, 0.6) is 11.5 Å². The van der Waals surface area contributed by atoms with Crippen LogP contribution in [0.1, 0.15) is 20.3 Å². The number of halogens is 1. The topological polar surface area (TPSA) is 68.7 Å². The van der Waals surface area contributed by atoms with E-state index in [4.69, 9.17) is 21.1 Å². The number of anilines is 1. The van der Waals surface area contributed by atoms with E-state index in [1.165, 1.54) is 18.3 Å². The van der Waals surface area contributed by atoms with Crippen LogP contribution in [0.4, 0.5) is 5.69 Å². The number of hydrogen-bond acceptors (Lipinski definition) is 6. The SMILES string of the molecule is C[C@@H]1C[C@H](C)CN(c2c(S(=O)(=O)c3ccc(Cl)cc3)cnc3cc4c(cc23)OCCO4)C1. The molecule has 0 saturated carbocycles. The van der Waals surface area contributed by atoms with Crippen molar-refractivity contribution in [2.45, 2.75) is 30.1 Å². The van der Waals surface area contributed by atoms with Crippen molar-refractivity contribution in [3.63, 3.8) is 0 Å². The first kappa shape index (κ1) is 21.3. The van der Waals surface area contributed by atoms with Crippen LogP contribution in [-0.2, 0) is 9.84 Å². The summed E-state index contributed by atoms with van der Waals surface area (Å²) in [5.74, 6) is 2.15. The number of piperidine rings is 1. The number of pyridine rings is 1. The van der Waals surface area contributed by atoms with Crippen LogP contribution in [0.25, 0.3) is 10.9 Å². The molecule has 1 fully saturated rings. The molecule has 5 rings (SSSR count). The lowest BCUT2D eigenvalue weighted by Gasteiger charge is -2.38. The van der Waals surface area contributed by atoms with Gasteiger partial charge in [-0.1, -0.05) is 25.4 Å². The predicted molar refractivity (Wildman–Crippen MR) is 125 cm³/mol. The predicted octanol–water partition coefficient (Wildman–Crippen LogP) is 4.97. The Hall–Kier alpha value is -2.51. The molecule has 3 aromatic rings. The summed E-state index contributed by atoms with van der Waals surface area (Å²) in [6, 6.07) is 9.97. The third-order valence-electron chi connectivity index (χ3n) is 6.07. The van der Waals surface area contributed by atoms with Gasteiger partial charge in [0.05, 0.1) is 16.1 Å². The number of nitrogens with zero attached hydrogens (tertiary/aromatic N) is 2. The number of sulfone groups is 1. The van der Waals surface area contributed by atoms with Gasteiger partial charge in [-0.3, -0.25) is 4.98 Å². The van der Waals surface area contributed by atoms with Crippen LogP contribution in [-0.4, -0.2) is 39.7 Å². The van der Waals surface area contributed by atoms with Crippen molar-refractivity contribution in [3.05, 3.63) is 47.6 Å². The number of hydrogen-bond donors (Lipinski definition) is 0. The molecule has 2 aromatic carbocycles. The average molecular weight is 473 g/mol. The molecule has 0 spiro atoms. The van der Waals surface area contributed by atoms with E-state index in [1.807, 2.05) is 12.1 Å². The summed E-state index contributed by atoms with van der Waals surface area (Å²) in [4.78, 5) is 7.11. The molecular formula is C24H25ClN2O4S. The third-order valence-corrected chi connectivity index (χ3v) is 8.09. The number of aromatic nitrogens is 1. The quantitative estimate of drug-likeness (QED) is 0.535. The molecule has 3 heterocycles. The van der Waals surface area contributed by atoms with Crippen molar-refractivity contribution in [3.8, 4) is 11.5 Å². The van der Waals surface area contributed by atoms with Crippen molar-refractivity contribution < 1.29 is 17.9 Å². The van der Waals surface area contributed by atoms with E-state index in [9.17, 15) is 8.42 Å². The number of benzene rings is 2. The minimum Gasteiger partial charge on any atom is -0.486 e. The molecule has 168 valence electrons. The van der Waals surface area contributed by atoms with Crippen LogP contribution >= 0.6 is 11.6 Å². The fourth-order valence-electron chi connectivity index (χ4n) is 4.81. The second kappa shape index (κ2) is 8.12. The Morgan fingerprint density at radius 3 is 2.28 bits per heavy atom. The molecule has 6 nitrogen and oxygen atoms in total. The van der Waals surface area contributed by atoms with Crippen LogP contribution in [0, 0.1) is 11.8 Å². The molecule has 0 unspecified atom stereocenters. The second-order valence-electron chi connectivity index (χ2n) is 8.79. The second-order valence-corrected chi connectivity index (χ2v) is 11.1. The minimum absolute atomic E-state index is 0.194. The van der Waals surface area contributed by atoms with Crippen molar-refractivity contribution in [1.29, 1.82) is 0 Å². The van der Waals surface area contributed by atoms with Gasteiger partial charge in [-0.05, 0) is 48.6 Å². The van der Waals surface area contributed by atoms with Crippen molar-refractivity contribution in [2.75, 3.05) is 31.2 Å².